The molecule has 2 aromatic rings. The third-order valence-corrected chi connectivity index (χ3v) is 2.78. The quantitative estimate of drug-likeness (QED) is 0.816. The second-order valence-corrected chi connectivity index (χ2v) is 4.12. The van der Waals surface area contributed by atoms with Gasteiger partial charge in [-0.25, -0.2) is 4.68 Å². The van der Waals surface area contributed by atoms with Gasteiger partial charge in [-0.05, 0) is 22.0 Å². The van der Waals surface area contributed by atoms with E-state index in [1.165, 1.54) is 0 Å². The molecule has 6 heteroatoms. The Kier molecular flexibility index (Phi) is 3.02. The maximum Gasteiger partial charge on any atom is 0.169 e. The minimum Gasteiger partial charge on any atom is -0.457 e. The summed E-state index contributed by atoms with van der Waals surface area (Å²) in [4.78, 5) is 0. The van der Waals surface area contributed by atoms with E-state index in [4.69, 9.17) is 4.42 Å². The molecule has 2 heterocycles. The number of aromatic nitrogens is 3. The summed E-state index contributed by atoms with van der Waals surface area (Å²) < 4.78 is 7.69. The lowest BCUT2D eigenvalue weighted by Crippen LogP contribution is -2.04. The Morgan fingerprint density at radius 3 is 3.00 bits per heavy atom. The van der Waals surface area contributed by atoms with Crippen LogP contribution in [0.15, 0.2) is 27.6 Å². The van der Waals surface area contributed by atoms with Crippen LogP contribution < -0.4 is 0 Å². The average molecular weight is 321 g/mol. The van der Waals surface area contributed by atoms with E-state index in [9.17, 15) is 0 Å². The Morgan fingerprint density at radius 1 is 1.50 bits per heavy atom. The minimum absolute atomic E-state index is 0.677. The van der Waals surface area contributed by atoms with Gasteiger partial charge >= 0.3 is 0 Å². The van der Waals surface area contributed by atoms with Crippen LogP contribution in [0.25, 0.3) is 0 Å². The largest absolute Gasteiger partial charge is 0.457 e. The van der Waals surface area contributed by atoms with Crippen molar-refractivity contribution in [3.05, 3.63) is 34.5 Å². The Bertz CT molecular complexity index is 424. The van der Waals surface area contributed by atoms with Gasteiger partial charge in [0.25, 0.3) is 0 Å². The van der Waals surface area contributed by atoms with E-state index in [1.54, 1.807) is 12.5 Å². The monoisotopic (exact) mass is 319 g/mol. The molecule has 0 aliphatic carbocycles. The van der Waals surface area contributed by atoms with Crippen LogP contribution in [0.3, 0.4) is 0 Å². The summed E-state index contributed by atoms with van der Waals surface area (Å²) >= 11 is 6.62. The molecule has 0 aliphatic heterocycles. The smallest absolute Gasteiger partial charge is 0.169 e. The first kappa shape index (κ1) is 9.92. The van der Waals surface area contributed by atoms with Gasteiger partial charge in [0.15, 0.2) is 4.67 Å². The van der Waals surface area contributed by atoms with Gasteiger partial charge < -0.3 is 4.42 Å². The lowest BCUT2D eigenvalue weighted by Gasteiger charge is -2.00. The first-order valence-electron chi connectivity index (χ1n) is 3.96. The fourth-order valence-corrected chi connectivity index (χ4v) is 1.94. The minimum atomic E-state index is 0.677. The third-order valence-electron chi connectivity index (χ3n) is 1.79. The highest BCUT2D eigenvalue weighted by atomic mass is 79.9. The number of hydrogen-bond acceptors (Lipinski definition) is 3. The third kappa shape index (κ3) is 2.06. The molecule has 0 radical (unpaired) electrons. The van der Waals surface area contributed by atoms with Crippen LogP contribution in [0, 0.1) is 0 Å². The normalized spacial score (nSPS) is 10.7. The topological polar surface area (TPSA) is 43.9 Å². The Balaban J connectivity index is 2.18. The van der Waals surface area contributed by atoms with E-state index in [2.05, 4.69) is 42.2 Å². The van der Waals surface area contributed by atoms with E-state index in [1.807, 2.05) is 10.7 Å². The zero-order valence-corrected chi connectivity index (χ0v) is 10.3. The first-order valence-corrected chi connectivity index (χ1v) is 5.87. The van der Waals surface area contributed by atoms with Gasteiger partial charge in [-0.2, -0.15) is 0 Å². The number of alkyl halides is 1. The second kappa shape index (κ2) is 4.27. The van der Waals surface area contributed by atoms with Crippen molar-refractivity contribution in [3.63, 3.8) is 0 Å². The fourth-order valence-electron chi connectivity index (χ4n) is 1.12. The van der Waals surface area contributed by atoms with Crippen molar-refractivity contribution in [2.24, 2.45) is 0 Å². The maximum absolute atomic E-state index is 5.13. The molecule has 0 aromatic carbocycles. The van der Waals surface area contributed by atoms with Gasteiger partial charge in [0.1, 0.15) is 0 Å². The molecule has 0 unspecified atom stereocenters. The molecule has 0 saturated carbocycles. The molecule has 74 valence electrons. The second-order valence-electron chi connectivity index (χ2n) is 2.78. The van der Waals surface area contributed by atoms with Gasteiger partial charge in [0, 0.05) is 10.9 Å². The van der Waals surface area contributed by atoms with Crippen LogP contribution in [-0.4, -0.2) is 15.0 Å². The van der Waals surface area contributed by atoms with E-state index in [0.717, 1.165) is 21.3 Å². The van der Waals surface area contributed by atoms with Crippen molar-refractivity contribution >= 4 is 31.9 Å². The van der Waals surface area contributed by atoms with E-state index in [-0.39, 0.29) is 0 Å². The van der Waals surface area contributed by atoms with Crippen molar-refractivity contribution < 1.29 is 4.42 Å². The predicted molar refractivity (Wildman–Crippen MR) is 58.2 cm³/mol. The van der Waals surface area contributed by atoms with Crippen molar-refractivity contribution in [3.8, 4) is 0 Å². The molecule has 4 nitrogen and oxygen atoms in total. The van der Waals surface area contributed by atoms with Gasteiger partial charge in [0.2, 0.25) is 0 Å². The van der Waals surface area contributed by atoms with Crippen LogP contribution in [0.2, 0.25) is 0 Å². The molecule has 0 spiro atoms. The molecule has 0 atom stereocenters. The summed E-state index contributed by atoms with van der Waals surface area (Å²) in [6.07, 6.45) is 3.44. The number of rotatable bonds is 3. The fraction of sp³-hybridized carbons (Fsp3) is 0.250. The predicted octanol–water partition coefficient (Wildman–Crippen LogP) is 2.58. The van der Waals surface area contributed by atoms with Crippen LogP contribution >= 0.6 is 31.9 Å². The molecule has 0 fully saturated rings. The van der Waals surface area contributed by atoms with Gasteiger partial charge in [-0.3, -0.25) is 0 Å². The molecule has 2 rings (SSSR count). The van der Waals surface area contributed by atoms with Crippen LogP contribution in [0.5, 0.6) is 0 Å². The highest BCUT2D eigenvalue weighted by Crippen LogP contribution is 2.15. The van der Waals surface area contributed by atoms with Crippen molar-refractivity contribution in [2.75, 3.05) is 0 Å². The molecule has 0 aliphatic rings. The van der Waals surface area contributed by atoms with Gasteiger partial charge in [0.05, 0.1) is 24.7 Å². The van der Waals surface area contributed by atoms with E-state index in [0.29, 0.717) is 6.54 Å². The number of halogens is 2. The highest BCUT2D eigenvalue weighted by Gasteiger charge is 2.05. The summed E-state index contributed by atoms with van der Waals surface area (Å²) in [7, 11) is 0. The van der Waals surface area contributed by atoms with Crippen LogP contribution in [0.1, 0.15) is 11.3 Å². The van der Waals surface area contributed by atoms with Crippen LogP contribution in [-0.2, 0) is 11.9 Å². The Hall–Kier alpha value is -0.620. The zero-order chi connectivity index (χ0) is 9.97. The van der Waals surface area contributed by atoms with E-state index >= 15 is 0 Å². The van der Waals surface area contributed by atoms with Crippen molar-refractivity contribution in [1.29, 1.82) is 0 Å². The SMILES string of the molecule is BrCc1cnnn1Cc1coc(Br)c1. The summed E-state index contributed by atoms with van der Waals surface area (Å²) in [6, 6.07) is 1.92. The summed E-state index contributed by atoms with van der Waals surface area (Å²) in [5, 5.41) is 8.56. The molecule has 2 aromatic heterocycles. The summed E-state index contributed by atoms with van der Waals surface area (Å²) in [5.41, 5.74) is 2.10. The molecule has 0 saturated heterocycles. The number of furan rings is 1. The molecular formula is C8H7Br2N3O. The molecule has 14 heavy (non-hydrogen) atoms. The van der Waals surface area contributed by atoms with Crippen LogP contribution in [0.4, 0.5) is 0 Å². The maximum atomic E-state index is 5.13. The molecule has 0 N–H and O–H groups in total. The number of nitrogens with zero attached hydrogens (tertiary/aromatic N) is 3. The Labute approximate surface area is 97.5 Å². The lowest BCUT2D eigenvalue weighted by atomic mass is 10.3. The van der Waals surface area contributed by atoms with Crippen molar-refractivity contribution in [2.45, 2.75) is 11.9 Å². The van der Waals surface area contributed by atoms with Gasteiger partial charge in [-0.15, -0.1) is 5.10 Å². The molecular weight excluding hydrogens is 314 g/mol. The summed E-state index contributed by atoms with van der Waals surface area (Å²) in [6.45, 7) is 0.677. The number of hydrogen-bond donors (Lipinski definition) is 0. The first-order chi connectivity index (χ1) is 6.79. The van der Waals surface area contributed by atoms with Gasteiger partial charge in [-0.1, -0.05) is 21.1 Å². The lowest BCUT2D eigenvalue weighted by molar-refractivity contribution is 0.534. The summed E-state index contributed by atoms with van der Waals surface area (Å²) in [5.74, 6) is 0. The van der Waals surface area contributed by atoms with Crippen molar-refractivity contribution in [1.82, 2.24) is 15.0 Å². The highest BCUT2D eigenvalue weighted by molar-refractivity contribution is 9.10. The zero-order valence-electron chi connectivity index (χ0n) is 7.15. The standard InChI is InChI=1S/C8H7Br2N3O/c9-2-7-3-11-12-13(7)4-6-1-8(10)14-5-6/h1,3,5H,2,4H2. The average Bonchev–Trinajstić information content (AvgIpc) is 2.76. The Morgan fingerprint density at radius 2 is 2.36 bits per heavy atom. The molecule has 0 amide bonds. The van der Waals surface area contributed by atoms with E-state index < -0.39 is 0 Å². The molecule has 0 bridgehead atoms.